The number of ether oxygens (including phenoxy) is 1. The molecule has 2 rings (SSSR count). The molecule has 0 aromatic heterocycles. The van der Waals surface area contributed by atoms with Crippen LogP contribution < -0.4 is 9.46 Å². The summed E-state index contributed by atoms with van der Waals surface area (Å²) in [6.07, 6.45) is 2.59. The maximum Gasteiger partial charge on any atom is 0.240 e. The molecule has 0 fully saturated rings. The van der Waals surface area contributed by atoms with Gasteiger partial charge in [-0.05, 0) is 54.6 Å². The molecule has 0 atom stereocenters. The molecule has 0 aliphatic carbocycles. The Balaban J connectivity index is 1.93. The van der Waals surface area contributed by atoms with Crippen molar-refractivity contribution in [2.24, 2.45) is 0 Å². The van der Waals surface area contributed by atoms with Crippen molar-refractivity contribution in [2.45, 2.75) is 16.2 Å². The summed E-state index contributed by atoms with van der Waals surface area (Å²) in [4.78, 5) is 1.33. The molecule has 0 saturated carbocycles. The minimum atomic E-state index is -3.45. The van der Waals surface area contributed by atoms with Gasteiger partial charge in [0.25, 0.3) is 0 Å². The van der Waals surface area contributed by atoms with E-state index in [1.807, 2.05) is 42.7 Å². The Hall–Kier alpha value is -1.50. The van der Waals surface area contributed by atoms with Crippen molar-refractivity contribution in [1.82, 2.24) is 4.72 Å². The highest BCUT2D eigenvalue weighted by Crippen LogP contribution is 2.17. The number of rotatable bonds is 7. The summed E-state index contributed by atoms with van der Waals surface area (Å²) in [5.41, 5.74) is 1.06. The minimum Gasteiger partial charge on any atom is -0.497 e. The van der Waals surface area contributed by atoms with Crippen molar-refractivity contribution < 1.29 is 13.2 Å². The molecule has 2 aromatic rings. The van der Waals surface area contributed by atoms with Gasteiger partial charge in [0.15, 0.2) is 0 Å². The summed E-state index contributed by atoms with van der Waals surface area (Å²) in [6, 6.07) is 14.5. The molecule has 118 valence electrons. The summed E-state index contributed by atoms with van der Waals surface area (Å²) >= 11 is 1.58. The Morgan fingerprint density at radius 3 is 2.23 bits per heavy atom. The molecule has 22 heavy (non-hydrogen) atoms. The highest BCUT2D eigenvalue weighted by atomic mass is 32.2. The van der Waals surface area contributed by atoms with Gasteiger partial charge in [0, 0.05) is 11.4 Å². The Bertz CT molecular complexity index is 695. The molecule has 1 N–H and O–H groups in total. The van der Waals surface area contributed by atoms with E-state index in [4.69, 9.17) is 4.74 Å². The number of hydrogen-bond donors (Lipinski definition) is 1. The molecule has 4 nitrogen and oxygen atoms in total. The first kappa shape index (κ1) is 16.9. The molecule has 6 heteroatoms. The summed E-state index contributed by atoms with van der Waals surface area (Å²) in [5.74, 6) is 0.790. The van der Waals surface area contributed by atoms with E-state index >= 15 is 0 Å². The van der Waals surface area contributed by atoms with Crippen LogP contribution in [0.5, 0.6) is 5.75 Å². The average molecular weight is 337 g/mol. The van der Waals surface area contributed by atoms with Crippen LogP contribution in [0.15, 0.2) is 58.3 Å². The van der Waals surface area contributed by atoms with Gasteiger partial charge in [-0.25, -0.2) is 13.1 Å². The third-order valence-corrected chi connectivity index (χ3v) is 5.46. The zero-order valence-corrected chi connectivity index (χ0v) is 14.2. The van der Waals surface area contributed by atoms with Crippen LogP contribution in [0.3, 0.4) is 0 Å². The van der Waals surface area contributed by atoms with Crippen molar-refractivity contribution in [3.63, 3.8) is 0 Å². The van der Waals surface area contributed by atoms with E-state index in [9.17, 15) is 8.42 Å². The third-order valence-electron chi connectivity index (χ3n) is 3.23. The normalized spacial score (nSPS) is 11.4. The molecule has 0 aliphatic heterocycles. The smallest absolute Gasteiger partial charge is 0.240 e. The number of methoxy groups -OCH3 is 1. The van der Waals surface area contributed by atoms with Gasteiger partial charge < -0.3 is 4.74 Å². The molecular weight excluding hydrogens is 318 g/mol. The Morgan fingerprint density at radius 2 is 1.68 bits per heavy atom. The molecular formula is C16H19NO3S2. The van der Waals surface area contributed by atoms with Gasteiger partial charge in [0.05, 0.1) is 12.0 Å². The van der Waals surface area contributed by atoms with Crippen LogP contribution in [0, 0.1) is 0 Å². The van der Waals surface area contributed by atoms with Gasteiger partial charge in [-0.1, -0.05) is 12.1 Å². The second-order valence-electron chi connectivity index (χ2n) is 4.67. The van der Waals surface area contributed by atoms with Crippen molar-refractivity contribution in [3.05, 3.63) is 54.1 Å². The number of thioether (sulfide) groups is 1. The summed E-state index contributed by atoms with van der Waals surface area (Å²) in [7, 11) is -1.84. The molecule has 2 aromatic carbocycles. The quantitative estimate of drug-likeness (QED) is 0.789. The second-order valence-corrected chi connectivity index (χ2v) is 7.32. The molecule has 0 saturated heterocycles. The van der Waals surface area contributed by atoms with Crippen molar-refractivity contribution in [3.8, 4) is 5.75 Å². The first-order chi connectivity index (χ1) is 10.5. The molecule has 0 unspecified atom stereocenters. The van der Waals surface area contributed by atoms with Gasteiger partial charge in [0.2, 0.25) is 10.0 Å². The lowest BCUT2D eigenvalue weighted by Gasteiger charge is -2.08. The summed E-state index contributed by atoms with van der Waals surface area (Å²) in [6.45, 7) is 0.360. The molecule has 0 bridgehead atoms. The third kappa shape index (κ3) is 4.50. The van der Waals surface area contributed by atoms with Crippen molar-refractivity contribution in [2.75, 3.05) is 19.9 Å². The van der Waals surface area contributed by atoms with Crippen molar-refractivity contribution in [1.29, 1.82) is 0 Å². The van der Waals surface area contributed by atoms with Crippen LogP contribution in [0.25, 0.3) is 0 Å². The predicted molar refractivity (Wildman–Crippen MR) is 90.1 cm³/mol. The van der Waals surface area contributed by atoms with Crippen molar-refractivity contribution >= 4 is 21.8 Å². The largest absolute Gasteiger partial charge is 0.497 e. The van der Waals surface area contributed by atoms with Gasteiger partial charge in [-0.3, -0.25) is 0 Å². The zero-order valence-electron chi connectivity index (χ0n) is 12.6. The first-order valence-corrected chi connectivity index (χ1v) is 9.52. The fourth-order valence-electron chi connectivity index (χ4n) is 1.96. The van der Waals surface area contributed by atoms with E-state index in [1.54, 1.807) is 31.0 Å². The molecule has 0 aliphatic rings. The van der Waals surface area contributed by atoms with E-state index in [1.165, 1.54) is 0 Å². The van der Waals surface area contributed by atoms with Gasteiger partial charge >= 0.3 is 0 Å². The van der Waals surface area contributed by atoms with E-state index in [0.717, 1.165) is 16.2 Å². The molecule has 0 amide bonds. The number of benzene rings is 2. The Kier molecular flexibility index (Phi) is 5.88. The van der Waals surface area contributed by atoms with Crippen LogP contribution in [-0.2, 0) is 16.4 Å². The van der Waals surface area contributed by atoms with Crippen LogP contribution in [0.2, 0.25) is 0 Å². The van der Waals surface area contributed by atoms with E-state index in [2.05, 4.69) is 4.72 Å². The fraction of sp³-hybridized carbons (Fsp3) is 0.250. The molecule has 0 radical (unpaired) electrons. The minimum absolute atomic E-state index is 0.292. The molecule has 0 spiro atoms. The highest BCUT2D eigenvalue weighted by molar-refractivity contribution is 7.98. The summed E-state index contributed by atoms with van der Waals surface area (Å²) in [5, 5.41) is 0. The van der Waals surface area contributed by atoms with E-state index < -0.39 is 10.0 Å². The van der Waals surface area contributed by atoms with Crippen LogP contribution >= 0.6 is 11.8 Å². The Labute approximate surface area is 135 Å². The van der Waals surface area contributed by atoms with E-state index in [0.29, 0.717) is 17.9 Å². The first-order valence-electron chi connectivity index (χ1n) is 6.82. The maximum atomic E-state index is 12.2. The lowest BCUT2D eigenvalue weighted by molar-refractivity contribution is 0.414. The lowest BCUT2D eigenvalue weighted by atomic mass is 10.1. The standard InChI is InChI=1S/C16H19NO3S2/c1-20-14-5-3-13(4-6-14)11-12-17-22(18,19)16-9-7-15(21-2)8-10-16/h3-10,17H,11-12H2,1-2H3. The fourth-order valence-corrected chi connectivity index (χ4v) is 3.40. The second kappa shape index (κ2) is 7.67. The zero-order chi connectivity index (χ0) is 16.0. The van der Waals surface area contributed by atoms with Gasteiger partial charge in [-0.2, -0.15) is 0 Å². The average Bonchev–Trinajstić information content (AvgIpc) is 2.55. The number of nitrogens with one attached hydrogen (secondary N) is 1. The lowest BCUT2D eigenvalue weighted by Crippen LogP contribution is -2.25. The van der Waals surface area contributed by atoms with Gasteiger partial charge in [-0.15, -0.1) is 11.8 Å². The van der Waals surface area contributed by atoms with Crippen LogP contribution in [0.1, 0.15) is 5.56 Å². The number of hydrogen-bond acceptors (Lipinski definition) is 4. The Morgan fingerprint density at radius 1 is 1.05 bits per heavy atom. The SMILES string of the molecule is COc1ccc(CCNS(=O)(=O)c2ccc(SC)cc2)cc1. The maximum absolute atomic E-state index is 12.2. The predicted octanol–water partition coefficient (Wildman–Crippen LogP) is 2.94. The van der Waals surface area contributed by atoms with Gasteiger partial charge in [0.1, 0.15) is 5.75 Å². The van der Waals surface area contributed by atoms with Crippen LogP contribution in [-0.4, -0.2) is 28.3 Å². The topological polar surface area (TPSA) is 55.4 Å². The van der Waals surface area contributed by atoms with E-state index in [-0.39, 0.29) is 0 Å². The number of sulfonamides is 1. The summed E-state index contributed by atoms with van der Waals surface area (Å²) < 4.78 is 32.1. The highest BCUT2D eigenvalue weighted by Gasteiger charge is 2.12. The molecule has 0 heterocycles. The van der Waals surface area contributed by atoms with Crippen LogP contribution in [0.4, 0.5) is 0 Å². The monoisotopic (exact) mass is 337 g/mol.